The van der Waals surface area contributed by atoms with Gasteiger partial charge in [-0.05, 0) is 29.7 Å². The zero-order chi connectivity index (χ0) is 17.1. The molecule has 0 fully saturated rings. The van der Waals surface area contributed by atoms with Gasteiger partial charge < -0.3 is 0 Å². The van der Waals surface area contributed by atoms with Gasteiger partial charge in [0.05, 0.1) is 11.1 Å². The van der Waals surface area contributed by atoms with Crippen molar-refractivity contribution in [2.24, 2.45) is 0 Å². The molecule has 3 rings (SSSR count). The molecule has 2 amide bonds. The first kappa shape index (κ1) is 16.1. The summed E-state index contributed by atoms with van der Waals surface area (Å²) in [6, 6.07) is 16.0. The molecule has 0 unspecified atom stereocenters. The molecule has 24 heavy (non-hydrogen) atoms. The largest absolute Gasteiger partial charge is 0.274 e. The molecule has 4 heteroatoms. The van der Waals surface area contributed by atoms with Crippen molar-refractivity contribution < 1.29 is 14.0 Å². The average Bonchev–Trinajstić information content (AvgIpc) is 2.86. The summed E-state index contributed by atoms with van der Waals surface area (Å²) in [5.41, 5.74) is 2.24. The molecule has 2 aromatic carbocycles. The Morgan fingerprint density at radius 1 is 0.917 bits per heavy atom. The second-order valence-corrected chi connectivity index (χ2v) is 5.66. The van der Waals surface area contributed by atoms with E-state index in [0.717, 1.165) is 10.5 Å². The van der Waals surface area contributed by atoms with Crippen molar-refractivity contribution in [3.63, 3.8) is 0 Å². The van der Waals surface area contributed by atoms with Gasteiger partial charge in [-0.1, -0.05) is 49.4 Å². The van der Waals surface area contributed by atoms with Gasteiger partial charge in [0.1, 0.15) is 5.83 Å². The summed E-state index contributed by atoms with van der Waals surface area (Å²) in [6.45, 7) is 1.94. The normalized spacial score (nSPS) is 14.7. The van der Waals surface area contributed by atoms with Gasteiger partial charge in [-0.2, -0.15) is 0 Å². The van der Waals surface area contributed by atoms with Crippen molar-refractivity contribution in [2.45, 2.75) is 19.8 Å². The predicted octanol–water partition coefficient (Wildman–Crippen LogP) is 4.46. The molecule has 0 aromatic heterocycles. The minimum absolute atomic E-state index is 0.0313. The molecule has 0 atom stereocenters. The number of halogens is 1. The maximum Gasteiger partial charge on any atom is 0.261 e. The lowest BCUT2D eigenvalue weighted by atomic mass is 10.0. The van der Waals surface area contributed by atoms with E-state index < -0.39 is 0 Å². The average molecular weight is 323 g/mol. The number of hydrogen-bond donors (Lipinski definition) is 0. The van der Waals surface area contributed by atoms with Crippen LogP contribution in [0.4, 0.5) is 4.39 Å². The SMILES string of the molecule is CCC(=C(F)CCN1C(=O)c2ccccc2C1=O)c1ccccc1. The van der Waals surface area contributed by atoms with E-state index in [0.29, 0.717) is 23.1 Å². The highest BCUT2D eigenvalue weighted by Crippen LogP contribution is 2.27. The van der Waals surface area contributed by atoms with Crippen LogP contribution in [0.1, 0.15) is 46.0 Å². The number of nitrogens with zero attached hydrogens (tertiary/aromatic N) is 1. The molecule has 0 N–H and O–H groups in total. The van der Waals surface area contributed by atoms with Crippen LogP contribution in [0.5, 0.6) is 0 Å². The van der Waals surface area contributed by atoms with E-state index in [2.05, 4.69) is 0 Å². The van der Waals surface area contributed by atoms with Crippen LogP contribution in [0, 0.1) is 0 Å². The number of carbonyl (C=O) groups is 2. The summed E-state index contributed by atoms with van der Waals surface area (Å²) in [4.78, 5) is 25.7. The zero-order valence-electron chi connectivity index (χ0n) is 13.5. The minimum atomic E-state index is -0.346. The van der Waals surface area contributed by atoms with Crippen LogP contribution in [0.15, 0.2) is 60.4 Å². The van der Waals surface area contributed by atoms with Crippen LogP contribution in [-0.4, -0.2) is 23.3 Å². The van der Waals surface area contributed by atoms with Gasteiger partial charge in [0, 0.05) is 13.0 Å². The highest BCUT2D eigenvalue weighted by Gasteiger charge is 2.34. The van der Waals surface area contributed by atoms with Crippen LogP contribution >= 0.6 is 0 Å². The third kappa shape index (κ3) is 2.87. The second-order valence-electron chi connectivity index (χ2n) is 5.66. The molecule has 0 saturated heterocycles. The summed E-state index contributed by atoms with van der Waals surface area (Å²) in [5, 5.41) is 0. The number of hydrogen-bond acceptors (Lipinski definition) is 2. The minimum Gasteiger partial charge on any atom is -0.274 e. The van der Waals surface area contributed by atoms with Gasteiger partial charge in [-0.15, -0.1) is 0 Å². The van der Waals surface area contributed by atoms with Crippen LogP contribution in [0.3, 0.4) is 0 Å². The first-order chi connectivity index (χ1) is 11.6. The van der Waals surface area contributed by atoms with Crippen molar-refractivity contribution in [1.29, 1.82) is 0 Å². The summed E-state index contributed by atoms with van der Waals surface area (Å²) in [6.07, 6.45) is 0.585. The predicted molar refractivity (Wildman–Crippen MR) is 91.2 cm³/mol. The summed E-state index contributed by atoms with van der Waals surface area (Å²) in [7, 11) is 0. The molecule has 3 nitrogen and oxygen atoms in total. The van der Waals surface area contributed by atoms with Crippen molar-refractivity contribution in [3.8, 4) is 0 Å². The van der Waals surface area contributed by atoms with E-state index >= 15 is 0 Å². The molecule has 2 aromatic rings. The molecule has 1 aliphatic heterocycles. The Kier molecular flexibility index (Phi) is 4.56. The highest BCUT2D eigenvalue weighted by molar-refractivity contribution is 6.21. The summed E-state index contributed by atoms with van der Waals surface area (Å²) >= 11 is 0. The van der Waals surface area contributed by atoms with Crippen LogP contribution in [0.25, 0.3) is 5.57 Å². The third-order valence-corrected chi connectivity index (χ3v) is 4.24. The van der Waals surface area contributed by atoms with Crippen LogP contribution in [-0.2, 0) is 0 Å². The lowest BCUT2D eigenvalue weighted by molar-refractivity contribution is 0.0654. The number of amides is 2. The maximum absolute atomic E-state index is 14.6. The Balaban J connectivity index is 1.77. The van der Waals surface area contributed by atoms with Crippen molar-refractivity contribution in [3.05, 3.63) is 77.1 Å². The topological polar surface area (TPSA) is 37.4 Å². The fourth-order valence-corrected chi connectivity index (χ4v) is 2.99. The summed E-state index contributed by atoms with van der Waals surface area (Å²) < 4.78 is 14.6. The van der Waals surface area contributed by atoms with Crippen LogP contribution in [0.2, 0.25) is 0 Å². The Bertz CT molecular complexity index is 776. The Labute approximate surface area is 140 Å². The number of allylic oxidation sites excluding steroid dienone is 1. The summed E-state index contributed by atoms with van der Waals surface area (Å²) in [5.74, 6) is -0.970. The van der Waals surface area contributed by atoms with Gasteiger partial charge in [-0.25, -0.2) is 4.39 Å². The van der Waals surface area contributed by atoms with E-state index in [-0.39, 0.29) is 30.6 Å². The molecule has 0 radical (unpaired) electrons. The van der Waals surface area contributed by atoms with E-state index in [1.54, 1.807) is 24.3 Å². The van der Waals surface area contributed by atoms with Gasteiger partial charge in [0.25, 0.3) is 11.8 Å². The molecule has 0 bridgehead atoms. The quantitative estimate of drug-likeness (QED) is 0.762. The van der Waals surface area contributed by atoms with Crippen molar-refractivity contribution >= 4 is 17.4 Å². The fraction of sp³-hybridized carbons (Fsp3) is 0.200. The molecule has 0 saturated carbocycles. The molecule has 1 heterocycles. The van der Waals surface area contributed by atoms with Crippen molar-refractivity contribution in [1.82, 2.24) is 4.90 Å². The zero-order valence-corrected chi connectivity index (χ0v) is 13.5. The van der Waals surface area contributed by atoms with Gasteiger partial charge in [0.2, 0.25) is 0 Å². The van der Waals surface area contributed by atoms with E-state index in [1.165, 1.54) is 0 Å². The number of fused-ring (bicyclic) bond motifs is 1. The lowest BCUT2D eigenvalue weighted by Gasteiger charge is -2.14. The smallest absolute Gasteiger partial charge is 0.261 e. The highest BCUT2D eigenvalue weighted by atomic mass is 19.1. The first-order valence-electron chi connectivity index (χ1n) is 8.01. The van der Waals surface area contributed by atoms with Crippen molar-refractivity contribution in [2.75, 3.05) is 6.54 Å². The van der Waals surface area contributed by atoms with Crippen LogP contribution < -0.4 is 0 Å². The number of rotatable bonds is 5. The van der Waals surface area contributed by atoms with Gasteiger partial charge >= 0.3 is 0 Å². The second kappa shape index (κ2) is 6.79. The number of benzene rings is 2. The number of carbonyl (C=O) groups excluding carboxylic acids is 2. The van der Waals surface area contributed by atoms with Gasteiger partial charge in [0.15, 0.2) is 0 Å². The first-order valence-corrected chi connectivity index (χ1v) is 8.01. The monoisotopic (exact) mass is 323 g/mol. The van der Waals surface area contributed by atoms with E-state index in [9.17, 15) is 14.0 Å². The molecular weight excluding hydrogens is 305 g/mol. The lowest BCUT2D eigenvalue weighted by Crippen LogP contribution is -2.30. The van der Waals surface area contributed by atoms with E-state index in [1.807, 2.05) is 37.3 Å². The van der Waals surface area contributed by atoms with Gasteiger partial charge in [-0.3, -0.25) is 14.5 Å². The molecule has 122 valence electrons. The molecule has 0 spiro atoms. The molecular formula is C20H18FNO2. The third-order valence-electron chi connectivity index (χ3n) is 4.24. The molecule has 0 aliphatic carbocycles. The Hall–Kier alpha value is -2.75. The standard InChI is InChI=1S/C20H18FNO2/c1-2-15(14-8-4-3-5-9-14)18(21)12-13-22-19(23)16-10-6-7-11-17(16)20(22)24/h3-11H,2,12-13H2,1H3. The molecule has 1 aliphatic rings. The fourth-order valence-electron chi connectivity index (χ4n) is 2.99. The van der Waals surface area contributed by atoms with E-state index in [4.69, 9.17) is 0 Å². The number of imide groups is 1. The Morgan fingerprint density at radius 2 is 1.46 bits per heavy atom. The Morgan fingerprint density at radius 3 is 2.00 bits per heavy atom. The maximum atomic E-state index is 14.6.